The van der Waals surface area contributed by atoms with Crippen molar-refractivity contribution >= 4 is 5.91 Å². The van der Waals surface area contributed by atoms with E-state index in [0.29, 0.717) is 30.1 Å². The minimum absolute atomic E-state index is 0.180. The van der Waals surface area contributed by atoms with E-state index in [-0.39, 0.29) is 5.91 Å². The number of nitrogens with one attached hydrogen (secondary N) is 1. The fraction of sp³-hybridized carbons (Fsp3) is 0.553. The number of nitrogens with two attached hydrogens (primary N) is 1. The maximum absolute atomic E-state index is 11.6. The normalized spacial score (nSPS) is 26.3. The smallest absolute Gasteiger partial charge is 0.217 e. The number of hydrogen-bond donors (Lipinski definition) is 2. The van der Waals surface area contributed by atoms with Crippen molar-refractivity contribution in [1.82, 2.24) is 5.32 Å². The Kier molecular flexibility index (Phi) is 18.5. The van der Waals surface area contributed by atoms with Gasteiger partial charge in [-0.15, -0.1) is 0 Å². The molecule has 3 heteroatoms. The SMILES string of the molecule is C=C1/C=C/CCCC(C)/C=C/CC(CC(N)=O)CCCC/C=C(\C)CC(C(C)/C=C(C)/C=C/NC(=C)C=C(C)C)C1. The number of allylic oxidation sites excluding steroid dienone is 12. The van der Waals surface area contributed by atoms with Gasteiger partial charge >= 0.3 is 0 Å². The Balaban J connectivity index is 2.98. The van der Waals surface area contributed by atoms with Crippen LogP contribution in [-0.4, -0.2) is 5.91 Å². The van der Waals surface area contributed by atoms with Crippen LogP contribution in [0.5, 0.6) is 0 Å². The van der Waals surface area contributed by atoms with Gasteiger partial charge in [0.15, 0.2) is 0 Å². The molecule has 41 heavy (non-hydrogen) atoms. The van der Waals surface area contributed by atoms with Crippen molar-refractivity contribution in [2.45, 2.75) is 112 Å². The van der Waals surface area contributed by atoms with E-state index in [9.17, 15) is 4.79 Å². The molecule has 4 atom stereocenters. The first-order chi connectivity index (χ1) is 19.5. The molecule has 0 fully saturated rings. The zero-order valence-corrected chi connectivity index (χ0v) is 27.2. The predicted octanol–water partition coefficient (Wildman–Crippen LogP) is 10.4. The summed E-state index contributed by atoms with van der Waals surface area (Å²) in [7, 11) is 0. The standard InChI is InChI=1S/C38H60N2O/c1-29(2)24-35(8)40-23-22-33(6)25-34(7)37-26-31(4)17-12-9-11-16-30(3)19-15-21-36(28-38(39)41)20-14-10-13-18-32(5)27-37/h12,15,17-19,22-25,30,34,36-37,40H,4,8-11,13-14,16,20-21,26-28H2,1-3,5-7H3,(H2,39,41)/b17-12+,19-15+,23-22+,32-18+,33-25+. The highest BCUT2D eigenvalue weighted by atomic mass is 16.1. The largest absolute Gasteiger partial charge is 0.370 e. The van der Waals surface area contributed by atoms with Gasteiger partial charge in [-0.25, -0.2) is 0 Å². The summed E-state index contributed by atoms with van der Waals surface area (Å²) in [6.45, 7) is 21.7. The lowest BCUT2D eigenvalue weighted by Crippen LogP contribution is -2.16. The number of primary amides is 1. The van der Waals surface area contributed by atoms with E-state index in [1.807, 2.05) is 12.3 Å². The first-order valence-corrected chi connectivity index (χ1v) is 15.9. The Bertz CT molecular complexity index is 999. The van der Waals surface area contributed by atoms with Crippen LogP contribution in [0.2, 0.25) is 0 Å². The second-order valence-electron chi connectivity index (χ2n) is 12.7. The summed E-state index contributed by atoms with van der Waals surface area (Å²) in [6, 6.07) is 0. The van der Waals surface area contributed by atoms with E-state index in [2.05, 4.69) is 103 Å². The molecule has 1 aliphatic carbocycles. The second-order valence-corrected chi connectivity index (χ2v) is 12.7. The molecule has 3 N–H and O–H groups in total. The molecule has 1 aliphatic rings. The summed E-state index contributed by atoms with van der Waals surface area (Å²) in [4.78, 5) is 11.6. The third-order valence-corrected chi connectivity index (χ3v) is 7.82. The number of hydrogen-bond acceptors (Lipinski definition) is 2. The molecule has 0 saturated carbocycles. The van der Waals surface area contributed by atoms with E-state index < -0.39 is 0 Å². The molecule has 0 aromatic carbocycles. The highest BCUT2D eigenvalue weighted by Crippen LogP contribution is 2.30. The first kappa shape index (κ1) is 36.2. The molecule has 0 spiro atoms. The molecule has 0 heterocycles. The van der Waals surface area contributed by atoms with Crippen LogP contribution < -0.4 is 11.1 Å². The van der Waals surface area contributed by atoms with Crippen LogP contribution in [0.3, 0.4) is 0 Å². The lowest BCUT2D eigenvalue weighted by molar-refractivity contribution is -0.118. The van der Waals surface area contributed by atoms with Crippen molar-refractivity contribution in [3.8, 4) is 0 Å². The fourth-order valence-corrected chi connectivity index (χ4v) is 5.54. The molecule has 1 rings (SSSR count). The van der Waals surface area contributed by atoms with Crippen molar-refractivity contribution in [1.29, 1.82) is 0 Å². The highest BCUT2D eigenvalue weighted by Gasteiger charge is 2.17. The minimum atomic E-state index is -0.180. The molecule has 1 amide bonds. The molecule has 0 aromatic heterocycles. The lowest BCUT2D eigenvalue weighted by atomic mass is 9.82. The molecule has 228 valence electrons. The van der Waals surface area contributed by atoms with Crippen LogP contribution in [0.25, 0.3) is 0 Å². The minimum Gasteiger partial charge on any atom is -0.370 e. The first-order valence-electron chi connectivity index (χ1n) is 15.9. The van der Waals surface area contributed by atoms with Gasteiger partial charge in [-0.3, -0.25) is 4.79 Å². The summed E-state index contributed by atoms with van der Waals surface area (Å²) < 4.78 is 0. The van der Waals surface area contributed by atoms with Crippen molar-refractivity contribution in [3.63, 3.8) is 0 Å². The van der Waals surface area contributed by atoms with E-state index >= 15 is 0 Å². The Morgan fingerprint density at radius 3 is 2.59 bits per heavy atom. The lowest BCUT2D eigenvalue weighted by Gasteiger charge is -2.23. The maximum Gasteiger partial charge on any atom is 0.217 e. The summed E-state index contributed by atoms with van der Waals surface area (Å²) in [5.41, 5.74) is 11.6. The molecular weight excluding hydrogens is 500 g/mol. The van der Waals surface area contributed by atoms with Crippen LogP contribution in [0, 0.1) is 23.7 Å². The van der Waals surface area contributed by atoms with Gasteiger partial charge in [0.05, 0.1) is 0 Å². The average molecular weight is 561 g/mol. The van der Waals surface area contributed by atoms with Gasteiger partial charge in [0, 0.05) is 18.3 Å². The zero-order valence-electron chi connectivity index (χ0n) is 27.2. The molecule has 4 unspecified atom stereocenters. The molecule has 0 aromatic rings. The zero-order chi connectivity index (χ0) is 30.6. The average Bonchev–Trinajstić information content (AvgIpc) is 2.86. The van der Waals surface area contributed by atoms with Crippen molar-refractivity contribution in [2.24, 2.45) is 29.4 Å². The van der Waals surface area contributed by atoms with Crippen molar-refractivity contribution < 1.29 is 4.79 Å². The van der Waals surface area contributed by atoms with E-state index in [1.165, 1.54) is 35.1 Å². The summed E-state index contributed by atoms with van der Waals surface area (Å²) >= 11 is 0. The third-order valence-electron chi connectivity index (χ3n) is 7.82. The van der Waals surface area contributed by atoms with Gasteiger partial charge in [0.25, 0.3) is 0 Å². The van der Waals surface area contributed by atoms with Crippen LogP contribution in [0.4, 0.5) is 0 Å². The Labute approximate surface area is 253 Å². The van der Waals surface area contributed by atoms with Crippen LogP contribution in [0.15, 0.2) is 96.0 Å². The Morgan fingerprint density at radius 2 is 1.88 bits per heavy atom. The molecule has 0 radical (unpaired) electrons. The monoisotopic (exact) mass is 560 g/mol. The van der Waals surface area contributed by atoms with Gasteiger partial charge < -0.3 is 11.1 Å². The predicted molar refractivity (Wildman–Crippen MR) is 181 cm³/mol. The summed E-state index contributed by atoms with van der Waals surface area (Å²) in [6.07, 6.45) is 31.5. The van der Waals surface area contributed by atoms with Crippen molar-refractivity contribution in [2.75, 3.05) is 0 Å². The summed E-state index contributed by atoms with van der Waals surface area (Å²) in [5.74, 6) is 1.65. The second kappa shape index (κ2) is 21.0. The van der Waals surface area contributed by atoms with Crippen molar-refractivity contribution in [3.05, 3.63) is 96.0 Å². The van der Waals surface area contributed by atoms with Gasteiger partial charge in [-0.1, -0.05) is 92.2 Å². The topological polar surface area (TPSA) is 55.1 Å². The van der Waals surface area contributed by atoms with Gasteiger partial charge in [0.1, 0.15) is 0 Å². The molecule has 0 saturated heterocycles. The summed E-state index contributed by atoms with van der Waals surface area (Å²) in [5, 5.41) is 3.26. The Hall–Kier alpha value is -2.81. The van der Waals surface area contributed by atoms with E-state index in [1.54, 1.807) is 0 Å². The highest BCUT2D eigenvalue weighted by molar-refractivity contribution is 5.74. The number of carbonyl (C=O) groups excluding carboxylic acids is 1. The number of carbonyl (C=O) groups is 1. The quantitative estimate of drug-likeness (QED) is 0.229. The van der Waals surface area contributed by atoms with Gasteiger partial charge in [0.2, 0.25) is 5.91 Å². The third kappa shape index (κ3) is 19.0. The maximum atomic E-state index is 11.6. The molecular formula is C38H60N2O. The van der Waals surface area contributed by atoms with Crippen LogP contribution in [0.1, 0.15) is 112 Å². The Morgan fingerprint density at radius 1 is 1.12 bits per heavy atom. The fourth-order valence-electron chi connectivity index (χ4n) is 5.54. The van der Waals surface area contributed by atoms with Gasteiger partial charge in [-0.05, 0) is 121 Å². The van der Waals surface area contributed by atoms with Gasteiger partial charge in [-0.2, -0.15) is 0 Å². The molecule has 0 bridgehead atoms. The molecule has 3 nitrogen and oxygen atoms in total. The van der Waals surface area contributed by atoms with Crippen LogP contribution >= 0.6 is 0 Å². The number of amides is 1. The molecule has 0 aliphatic heterocycles. The van der Waals surface area contributed by atoms with Crippen LogP contribution in [-0.2, 0) is 4.79 Å². The van der Waals surface area contributed by atoms with E-state index in [4.69, 9.17) is 5.73 Å². The van der Waals surface area contributed by atoms with E-state index in [0.717, 1.165) is 57.1 Å². The number of rotatable bonds is 8.